The Morgan fingerprint density at radius 2 is 0.508 bits per heavy atom. The minimum absolute atomic E-state index is 0.539. The molecule has 22 aromatic rings. The molecule has 0 aliphatic heterocycles. The van der Waals surface area contributed by atoms with Crippen LogP contribution in [0.15, 0.2) is 419 Å². The zero-order valence-electron chi connectivity index (χ0n) is 65.8. The lowest BCUT2D eigenvalue weighted by Crippen LogP contribution is -2.00. The molecule has 0 N–H and O–H groups in total. The second-order valence-corrected chi connectivity index (χ2v) is 30.1. The topological polar surface area (TPSA) is 148 Å². The molecule has 16 aromatic carbocycles. The second kappa shape index (κ2) is 31.6. The number of hydrogen-bond donors (Lipinski definition) is 0. The number of nitriles is 2. The van der Waals surface area contributed by atoms with Crippen molar-refractivity contribution >= 4 is 65.4 Å². The van der Waals surface area contributed by atoms with E-state index in [0.717, 1.165) is 167 Å². The lowest BCUT2D eigenvalue weighted by molar-refractivity contribution is 1.07. The van der Waals surface area contributed by atoms with Crippen molar-refractivity contribution in [2.45, 2.75) is 0 Å². The lowest BCUT2D eigenvalue weighted by atomic mass is 9.98. The molecular formula is C111H69N11. The highest BCUT2D eigenvalue weighted by Crippen LogP contribution is 2.45. The van der Waals surface area contributed by atoms with Gasteiger partial charge >= 0.3 is 0 Å². The Labute approximate surface area is 703 Å². The summed E-state index contributed by atoms with van der Waals surface area (Å²) in [4.78, 5) is 35.7. The van der Waals surface area contributed by atoms with Gasteiger partial charge in [0.25, 0.3) is 0 Å². The molecular weight excluding hydrogens is 1490 g/mol. The van der Waals surface area contributed by atoms with E-state index in [2.05, 4.69) is 337 Å². The third kappa shape index (κ3) is 13.8. The summed E-state index contributed by atoms with van der Waals surface area (Å²) in [6, 6.07) is 148. The van der Waals surface area contributed by atoms with Gasteiger partial charge in [0.15, 0.2) is 23.3 Å². The Balaban J connectivity index is 0.000000150. The molecule has 0 saturated carbocycles. The van der Waals surface area contributed by atoms with Gasteiger partial charge in [0.1, 0.15) is 0 Å². The number of rotatable bonds is 14. The van der Waals surface area contributed by atoms with Crippen molar-refractivity contribution in [1.82, 2.24) is 44.0 Å². The molecule has 6 aromatic heterocycles. The number of hydrogen-bond acceptors (Lipinski definition) is 9. The van der Waals surface area contributed by atoms with Crippen LogP contribution >= 0.6 is 0 Å². The van der Waals surface area contributed by atoms with Crippen LogP contribution in [-0.2, 0) is 0 Å². The molecule has 0 amide bonds. The van der Waals surface area contributed by atoms with Crippen LogP contribution in [0.5, 0.6) is 0 Å². The number of pyridine rings is 2. The molecule has 0 radical (unpaired) electrons. The Morgan fingerprint density at radius 1 is 0.197 bits per heavy atom. The molecule has 0 fully saturated rings. The number of benzene rings is 16. The first kappa shape index (κ1) is 72.7. The number of para-hydroxylation sites is 6. The molecule has 0 spiro atoms. The van der Waals surface area contributed by atoms with E-state index in [9.17, 15) is 10.5 Å². The minimum atomic E-state index is 0.539. The average Bonchev–Trinajstić information content (AvgIpc) is 1.55. The highest BCUT2D eigenvalue weighted by atomic mass is 15.0. The van der Waals surface area contributed by atoms with Crippen LogP contribution in [0, 0.1) is 22.7 Å². The van der Waals surface area contributed by atoms with Crippen LogP contribution in [0.4, 0.5) is 0 Å². The van der Waals surface area contributed by atoms with Gasteiger partial charge in [-0.2, -0.15) is 10.5 Å². The standard InChI is InChI=1S/C56H35N5.C55H34N6/c57-36-37-12-11-15-45(34-37)51-35-50(59-56(60-51)44-32-26-39(27-33-44)38-13-3-1-4-14-38)42-28-22-40(23-29-42)41-24-30-43(31-25-41)54-55-53(47-18-7-9-20-49(47)58-54)48-19-8-10-21-52(48)61(55)46-16-5-2-6-17-46;56-35-36-22-24-41(25-23-36)53-58-54(60-55(59-53)44-15-11-14-43(34-44)37-12-3-1-4-13-37)42-32-28-39(29-33-42)38-26-30-40(31-27-38)51-52-50(46-18-7-9-20-48(46)57-51)47-19-8-10-21-49(47)61(52)45-16-5-2-6-17-45/h1-35H;1-34H. The largest absolute Gasteiger partial charge is 0.307 e. The number of aromatic nitrogens is 9. The van der Waals surface area contributed by atoms with Gasteiger partial charge in [0, 0.05) is 88.2 Å². The molecule has 0 unspecified atom stereocenters. The van der Waals surface area contributed by atoms with Crippen LogP contribution in [0.3, 0.4) is 0 Å². The average molecular weight is 1560 g/mol. The van der Waals surface area contributed by atoms with Gasteiger partial charge in [-0.25, -0.2) is 34.9 Å². The second-order valence-electron chi connectivity index (χ2n) is 30.1. The van der Waals surface area contributed by atoms with E-state index in [1.165, 1.54) is 21.5 Å². The zero-order valence-corrected chi connectivity index (χ0v) is 65.8. The number of fused-ring (bicyclic) bond motifs is 10. The molecule has 0 bridgehead atoms. The minimum Gasteiger partial charge on any atom is -0.307 e. The van der Waals surface area contributed by atoms with E-state index < -0.39 is 0 Å². The van der Waals surface area contributed by atoms with Gasteiger partial charge in [0.05, 0.1) is 79.1 Å². The van der Waals surface area contributed by atoms with Gasteiger partial charge < -0.3 is 9.13 Å². The van der Waals surface area contributed by atoms with Crippen molar-refractivity contribution in [2.24, 2.45) is 0 Å². The fourth-order valence-corrected chi connectivity index (χ4v) is 16.8. The monoisotopic (exact) mass is 1560 g/mol. The Hall–Kier alpha value is -17.0. The number of nitrogens with zero attached hydrogens (tertiary/aromatic N) is 11. The van der Waals surface area contributed by atoms with Crippen LogP contribution in [0.25, 0.3) is 212 Å². The van der Waals surface area contributed by atoms with Crippen molar-refractivity contribution in [1.29, 1.82) is 10.5 Å². The normalized spacial score (nSPS) is 11.3. The molecule has 0 aliphatic carbocycles. The van der Waals surface area contributed by atoms with Crippen molar-refractivity contribution in [2.75, 3.05) is 0 Å². The summed E-state index contributed by atoms with van der Waals surface area (Å²) in [6.07, 6.45) is 0. The lowest BCUT2D eigenvalue weighted by Gasteiger charge is -2.13. The van der Waals surface area contributed by atoms with Gasteiger partial charge in [-0.15, -0.1) is 0 Å². The molecule has 0 saturated heterocycles. The summed E-state index contributed by atoms with van der Waals surface area (Å²) in [5.74, 6) is 2.30. The van der Waals surface area contributed by atoms with Crippen molar-refractivity contribution in [3.05, 3.63) is 430 Å². The third-order valence-electron chi connectivity index (χ3n) is 22.7. The quantitative estimate of drug-likeness (QED) is 0.104. The molecule has 6 heterocycles. The summed E-state index contributed by atoms with van der Waals surface area (Å²) in [7, 11) is 0. The Kier molecular flexibility index (Phi) is 18.8. The molecule has 11 nitrogen and oxygen atoms in total. The van der Waals surface area contributed by atoms with Crippen LogP contribution in [0.1, 0.15) is 11.1 Å². The first-order valence-corrected chi connectivity index (χ1v) is 40.5. The van der Waals surface area contributed by atoms with Gasteiger partial charge in [-0.05, 0) is 142 Å². The van der Waals surface area contributed by atoms with Gasteiger partial charge in [0.2, 0.25) is 0 Å². The SMILES string of the molecule is N#Cc1ccc(-c2nc(-c3ccc(-c4ccc(-c5nc6ccccc6c6c7ccccc7n(-c7ccccc7)c56)cc4)cc3)nc(-c3cccc(-c4ccccc4)c3)n2)cc1.N#Cc1cccc(-c2cc(-c3ccc(-c4ccc(-c5nc6ccccc6c6c7ccccc7n(-c7ccccc7)c56)cc4)cc3)nc(-c3ccc(-c4ccccc4)cc3)n2)c1. The van der Waals surface area contributed by atoms with E-state index in [0.29, 0.717) is 34.4 Å². The van der Waals surface area contributed by atoms with E-state index >= 15 is 0 Å². The van der Waals surface area contributed by atoms with E-state index in [1.807, 2.05) is 91.0 Å². The van der Waals surface area contributed by atoms with Crippen molar-refractivity contribution < 1.29 is 0 Å². The van der Waals surface area contributed by atoms with Crippen LogP contribution < -0.4 is 0 Å². The third-order valence-corrected chi connectivity index (χ3v) is 22.7. The molecule has 568 valence electrons. The van der Waals surface area contributed by atoms with E-state index in [1.54, 1.807) is 12.1 Å². The smallest absolute Gasteiger partial charge is 0.164 e. The predicted octanol–water partition coefficient (Wildman–Crippen LogP) is 27.4. The summed E-state index contributed by atoms with van der Waals surface area (Å²) in [5, 5.41) is 26.2. The predicted molar refractivity (Wildman–Crippen MR) is 496 cm³/mol. The molecule has 22 rings (SSSR count). The summed E-state index contributed by atoms with van der Waals surface area (Å²) >= 11 is 0. The van der Waals surface area contributed by atoms with Gasteiger partial charge in [-0.3, -0.25) is 0 Å². The molecule has 11 heteroatoms. The summed E-state index contributed by atoms with van der Waals surface area (Å²) in [6.45, 7) is 0. The van der Waals surface area contributed by atoms with Gasteiger partial charge in [-0.1, -0.05) is 322 Å². The Morgan fingerprint density at radius 3 is 0.959 bits per heavy atom. The zero-order chi connectivity index (χ0) is 81.4. The molecule has 0 atom stereocenters. The molecule has 0 aliphatic rings. The fourth-order valence-electron chi connectivity index (χ4n) is 16.8. The van der Waals surface area contributed by atoms with Crippen molar-refractivity contribution in [3.8, 4) is 159 Å². The van der Waals surface area contributed by atoms with Crippen LogP contribution in [0.2, 0.25) is 0 Å². The van der Waals surface area contributed by atoms with Crippen LogP contribution in [-0.4, -0.2) is 44.0 Å². The van der Waals surface area contributed by atoms with E-state index in [-0.39, 0.29) is 0 Å². The first-order chi connectivity index (χ1) is 60.4. The highest BCUT2D eigenvalue weighted by molar-refractivity contribution is 6.25. The van der Waals surface area contributed by atoms with E-state index in [4.69, 9.17) is 34.9 Å². The first-order valence-electron chi connectivity index (χ1n) is 40.5. The highest BCUT2D eigenvalue weighted by Gasteiger charge is 2.25. The summed E-state index contributed by atoms with van der Waals surface area (Å²) in [5.41, 5.74) is 29.5. The fraction of sp³-hybridized carbons (Fsp3) is 0. The van der Waals surface area contributed by atoms with Crippen molar-refractivity contribution in [3.63, 3.8) is 0 Å². The maximum atomic E-state index is 9.66. The Bertz CT molecular complexity index is 7820. The summed E-state index contributed by atoms with van der Waals surface area (Å²) < 4.78 is 4.71. The maximum Gasteiger partial charge on any atom is 0.164 e. The molecule has 122 heavy (non-hydrogen) atoms. The maximum absolute atomic E-state index is 9.66.